The van der Waals surface area contributed by atoms with E-state index < -0.39 is 0 Å². The van der Waals surface area contributed by atoms with Crippen LogP contribution in [0.4, 0.5) is 5.82 Å². The van der Waals surface area contributed by atoms with Gasteiger partial charge in [0.05, 0.1) is 12.6 Å². The lowest BCUT2D eigenvalue weighted by Gasteiger charge is -2.35. The van der Waals surface area contributed by atoms with Crippen molar-refractivity contribution in [3.8, 4) is 17.1 Å². The quantitative estimate of drug-likeness (QED) is 0.722. The van der Waals surface area contributed by atoms with E-state index in [9.17, 15) is 0 Å². The van der Waals surface area contributed by atoms with Crippen LogP contribution in [0.15, 0.2) is 48.5 Å². The fraction of sp³-hybridized carbons (Fsp3) is 0.333. The van der Waals surface area contributed by atoms with E-state index in [1.54, 1.807) is 7.11 Å². The molecule has 3 aromatic rings. The summed E-state index contributed by atoms with van der Waals surface area (Å²) in [5.74, 6) is 2.64. The van der Waals surface area contributed by atoms with Crippen LogP contribution in [0.3, 0.4) is 0 Å². The Bertz CT molecular complexity index is 886. The number of ether oxygens (including phenoxy) is 1. The van der Waals surface area contributed by atoms with E-state index in [0.29, 0.717) is 0 Å². The third-order valence-electron chi connectivity index (χ3n) is 5.05. The maximum atomic E-state index is 5.26. The minimum atomic E-state index is 0.763. The highest BCUT2D eigenvalue weighted by molar-refractivity contribution is 5.91. The highest BCUT2D eigenvalue weighted by Crippen LogP contribution is 2.29. The van der Waals surface area contributed by atoms with Crippen LogP contribution in [0.5, 0.6) is 5.75 Å². The molecule has 0 atom stereocenters. The summed E-state index contributed by atoms with van der Waals surface area (Å²) in [6.45, 7) is 7.47. The van der Waals surface area contributed by atoms with E-state index in [1.807, 2.05) is 30.3 Å². The number of benzene rings is 2. The first-order chi connectivity index (χ1) is 12.8. The second-order valence-corrected chi connectivity index (χ2v) is 6.54. The molecule has 0 unspecified atom stereocenters. The number of methoxy groups -OCH3 is 1. The second-order valence-electron chi connectivity index (χ2n) is 6.54. The number of aromatic nitrogens is 2. The summed E-state index contributed by atoms with van der Waals surface area (Å²) in [5.41, 5.74) is 1.99. The average molecular weight is 348 g/mol. The molecule has 1 saturated heterocycles. The molecule has 0 bridgehead atoms. The van der Waals surface area contributed by atoms with Crippen LogP contribution in [-0.4, -0.2) is 54.7 Å². The first-order valence-corrected chi connectivity index (χ1v) is 9.17. The van der Waals surface area contributed by atoms with Gasteiger partial charge in [-0.2, -0.15) is 0 Å². The van der Waals surface area contributed by atoms with Crippen molar-refractivity contribution in [2.24, 2.45) is 0 Å². The molecule has 26 heavy (non-hydrogen) atoms. The maximum absolute atomic E-state index is 5.26. The van der Waals surface area contributed by atoms with Crippen LogP contribution in [0.1, 0.15) is 6.92 Å². The van der Waals surface area contributed by atoms with Crippen LogP contribution < -0.4 is 9.64 Å². The van der Waals surface area contributed by atoms with E-state index >= 15 is 0 Å². The molecule has 1 fully saturated rings. The van der Waals surface area contributed by atoms with E-state index in [4.69, 9.17) is 14.7 Å². The normalized spacial score (nSPS) is 15.4. The van der Waals surface area contributed by atoms with E-state index in [-0.39, 0.29) is 0 Å². The van der Waals surface area contributed by atoms with Crippen molar-refractivity contribution in [3.05, 3.63) is 48.5 Å². The first-order valence-electron chi connectivity index (χ1n) is 9.17. The molecular weight excluding hydrogens is 324 g/mol. The van der Waals surface area contributed by atoms with Gasteiger partial charge in [-0.05, 0) is 42.9 Å². The number of para-hydroxylation sites is 1. The monoisotopic (exact) mass is 348 g/mol. The van der Waals surface area contributed by atoms with Crippen molar-refractivity contribution in [3.63, 3.8) is 0 Å². The van der Waals surface area contributed by atoms with Gasteiger partial charge in [0.25, 0.3) is 0 Å². The Labute approximate surface area is 154 Å². The Morgan fingerprint density at radius 1 is 0.923 bits per heavy atom. The number of piperazine rings is 1. The maximum Gasteiger partial charge on any atom is 0.162 e. The molecule has 4 rings (SSSR count). The summed E-state index contributed by atoms with van der Waals surface area (Å²) in [4.78, 5) is 14.6. The predicted octanol–water partition coefficient (Wildman–Crippen LogP) is 3.45. The van der Waals surface area contributed by atoms with Crippen molar-refractivity contribution in [2.75, 3.05) is 44.7 Å². The Morgan fingerprint density at radius 2 is 1.65 bits per heavy atom. The summed E-state index contributed by atoms with van der Waals surface area (Å²) >= 11 is 0. The second kappa shape index (κ2) is 7.30. The smallest absolute Gasteiger partial charge is 0.162 e. The standard InChI is InChI=1S/C21H24N4O/c1-3-24-12-14-25(15-13-24)21-18-6-4-5-7-19(18)22-20(23-21)16-8-10-17(26-2)11-9-16/h4-11H,3,12-15H2,1-2H3. The summed E-state index contributed by atoms with van der Waals surface area (Å²) < 4.78 is 5.26. The van der Waals surface area contributed by atoms with Gasteiger partial charge >= 0.3 is 0 Å². The van der Waals surface area contributed by atoms with Gasteiger partial charge in [0.1, 0.15) is 11.6 Å². The highest BCUT2D eigenvalue weighted by atomic mass is 16.5. The molecule has 0 saturated carbocycles. The molecular formula is C21H24N4O. The van der Waals surface area contributed by atoms with Gasteiger partial charge in [0.15, 0.2) is 5.82 Å². The van der Waals surface area contributed by atoms with Crippen molar-refractivity contribution < 1.29 is 4.74 Å². The molecule has 0 radical (unpaired) electrons. The molecule has 2 aromatic carbocycles. The average Bonchev–Trinajstić information content (AvgIpc) is 2.73. The Balaban J connectivity index is 1.75. The van der Waals surface area contributed by atoms with Crippen molar-refractivity contribution in [1.82, 2.24) is 14.9 Å². The number of nitrogens with zero attached hydrogens (tertiary/aromatic N) is 4. The zero-order valence-corrected chi connectivity index (χ0v) is 15.4. The zero-order chi connectivity index (χ0) is 17.9. The third-order valence-corrected chi connectivity index (χ3v) is 5.05. The molecule has 0 spiro atoms. The molecule has 5 heteroatoms. The highest BCUT2D eigenvalue weighted by Gasteiger charge is 2.20. The van der Waals surface area contributed by atoms with Gasteiger partial charge < -0.3 is 14.5 Å². The van der Waals surface area contributed by atoms with Gasteiger partial charge in [0.2, 0.25) is 0 Å². The summed E-state index contributed by atoms with van der Waals surface area (Å²) in [6, 6.07) is 16.2. The molecule has 5 nitrogen and oxygen atoms in total. The van der Waals surface area contributed by atoms with Gasteiger partial charge in [-0.25, -0.2) is 9.97 Å². The number of hydrogen-bond acceptors (Lipinski definition) is 5. The number of rotatable bonds is 4. The lowest BCUT2D eigenvalue weighted by Crippen LogP contribution is -2.46. The van der Waals surface area contributed by atoms with Crippen molar-refractivity contribution in [1.29, 1.82) is 0 Å². The molecule has 0 N–H and O–H groups in total. The summed E-state index contributed by atoms with van der Waals surface area (Å²) in [6.07, 6.45) is 0. The first kappa shape index (κ1) is 16.8. The van der Waals surface area contributed by atoms with Crippen molar-refractivity contribution >= 4 is 16.7 Å². The van der Waals surface area contributed by atoms with Crippen LogP contribution in [0, 0.1) is 0 Å². The lowest BCUT2D eigenvalue weighted by molar-refractivity contribution is 0.271. The minimum absolute atomic E-state index is 0.763. The molecule has 1 aromatic heterocycles. The van der Waals surface area contributed by atoms with Gasteiger partial charge in [-0.15, -0.1) is 0 Å². The Kier molecular flexibility index (Phi) is 4.71. The molecule has 2 heterocycles. The van der Waals surface area contributed by atoms with Gasteiger partial charge in [-0.1, -0.05) is 19.1 Å². The molecule has 0 amide bonds. The Hall–Kier alpha value is -2.66. The lowest BCUT2D eigenvalue weighted by atomic mass is 10.1. The fourth-order valence-electron chi connectivity index (χ4n) is 3.45. The summed E-state index contributed by atoms with van der Waals surface area (Å²) in [7, 11) is 1.68. The largest absolute Gasteiger partial charge is 0.497 e. The zero-order valence-electron chi connectivity index (χ0n) is 15.4. The SMILES string of the molecule is CCN1CCN(c2nc(-c3ccc(OC)cc3)nc3ccccc23)CC1. The number of hydrogen-bond donors (Lipinski definition) is 0. The van der Waals surface area contributed by atoms with E-state index in [0.717, 1.165) is 66.6 Å². The molecule has 0 aliphatic carbocycles. The molecule has 1 aliphatic heterocycles. The number of anilines is 1. The molecule has 1 aliphatic rings. The van der Waals surface area contributed by atoms with Gasteiger partial charge in [-0.3, -0.25) is 0 Å². The van der Waals surface area contributed by atoms with Crippen LogP contribution >= 0.6 is 0 Å². The molecule has 134 valence electrons. The van der Waals surface area contributed by atoms with E-state index in [2.05, 4.69) is 34.9 Å². The predicted molar refractivity (Wildman–Crippen MR) is 106 cm³/mol. The topological polar surface area (TPSA) is 41.5 Å². The Morgan fingerprint density at radius 3 is 2.35 bits per heavy atom. The van der Waals surface area contributed by atoms with Crippen LogP contribution in [0.25, 0.3) is 22.3 Å². The summed E-state index contributed by atoms with van der Waals surface area (Å²) in [5, 5.41) is 1.12. The van der Waals surface area contributed by atoms with E-state index in [1.165, 1.54) is 0 Å². The fourth-order valence-corrected chi connectivity index (χ4v) is 3.45. The number of likely N-dealkylation sites (N-methyl/N-ethyl adjacent to an activating group) is 1. The third kappa shape index (κ3) is 3.22. The number of fused-ring (bicyclic) bond motifs is 1. The van der Waals surface area contributed by atoms with Crippen LogP contribution in [-0.2, 0) is 0 Å². The minimum Gasteiger partial charge on any atom is -0.497 e. The van der Waals surface area contributed by atoms with Crippen molar-refractivity contribution in [2.45, 2.75) is 6.92 Å². The van der Waals surface area contributed by atoms with Crippen LogP contribution in [0.2, 0.25) is 0 Å². The van der Waals surface area contributed by atoms with Gasteiger partial charge in [0, 0.05) is 37.1 Å².